The predicted octanol–water partition coefficient (Wildman–Crippen LogP) is 1.51. The summed E-state index contributed by atoms with van der Waals surface area (Å²) >= 11 is 0. The lowest BCUT2D eigenvalue weighted by Crippen LogP contribution is -2.13. The molecule has 3 N–H and O–H groups in total. The number of hydrogen-bond acceptors (Lipinski definition) is 3. The Morgan fingerprint density at radius 1 is 1.41 bits per heavy atom. The van der Waals surface area contributed by atoms with Gasteiger partial charge >= 0.3 is 0 Å². The Bertz CT molecular complexity index is 445. The van der Waals surface area contributed by atoms with Gasteiger partial charge in [-0.05, 0) is 18.6 Å². The quantitative estimate of drug-likeness (QED) is 0.764. The molecule has 0 aliphatic heterocycles. The first-order valence-electron chi connectivity index (χ1n) is 4.96. The van der Waals surface area contributed by atoms with Crippen LogP contribution in [0, 0.1) is 23.0 Å². The summed E-state index contributed by atoms with van der Waals surface area (Å²) in [5.41, 5.74) is 4.54. The highest BCUT2D eigenvalue weighted by Gasteiger charge is 2.10. The first-order chi connectivity index (χ1) is 8.04. The fraction of sp³-hybridized carbons (Fsp3) is 0.273. The van der Waals surface area contributed by atoms with Crippen LogP contribution in [0.3, 0.4) is 0 Å². The summed E-state index contributed by atoms with van der Waals surface area (Å²) in [6.45, 7) is 0.225. The second-order valence-corrected chi connectivity index (χ2v) is 3.42. The van der Waals surface area contributed by atoms with Gasteiger partial charge in [0.1, 0.15) is 5.69 Å². The molecule has 0 unspecified atom stereocenters. The van der Waals surface area contributed by atoms with Crippen molar-refractivity contribution in [1.29, 1.82) is 5.26 Å². The number of rotatable bonds is 5. The highest BCUT2D eigenvalue weighted by atomic mass is 19.1. The third-order valence-electron chi connectivity index (χ3n) is 2.07. The maximum Gasteiger partial charge on any atom is 0.217 e. The number of carbonyl (C=O) groups excluding carboxylic acids is 1. The molecule has 4 nitrogen and oxygen atoms in total. The molecule has 0 heterocycles. The summed E-state index contributed by atoms with van der Waals surface area (Å²) in [4.78, 5) is 10.4. The molecule has 0 bridgehead atoms. The molecule has 0 saturated carbocycles. The number of primary amides is 1. The molecule has 6 heteroatoms. The van der Waals surface area contributed by atoms with Crippen molar-refractivity contribution < 1.29 is 13.6 Å². The first-order valence-corrected chi connectivity index (χ1v) is 4.96. The summed E-state index contributed by atoms with van der Waals surface area (Å²) in [6, 6.07) is 3.54. The maximum atomic E-state index is 13.3. The number of benzene rings is 1. The molecule has 17 heavy (non-hydrogen) atoms. The minimum Gasteiger partial charge on any atom is -0.380 e. The number of nitriles is 1. The summed E-state index contributed by atoms with van der Waals surface area (Å²) in [5.74, 6) is -2.13. The van der Waals surface area contributed by atoms with Crippen LogP contribution >= 0.6 is 0 Å². The molecule has 0 atom stereocenters. The van der Waals surface area contributed by atoms with Gasteiger partial charge in [-0.1, -0.05) is 0 Å². The van der Waals surface area contributed by atoms with Crippen molar-refractivity contribution >= 4 is 11.6 Å². The highest BCUT2D eigenvalue weighted by molar-refractivity contribution is 5.73. The molecule has 1 amide bonds. The van der Waals surface area contributed by atoms with Gasteiger partial charge in [-0.15, -0.1) is 0 Å². The van der Waals surface area contributed by atoms with Gasteiger partial charge in [0, 0.05) is 13.0 Å². The number of anilines is 1. The van der Waals surface area contributed by atoms with Crippen LogP contribution in [-0.4, -0.2) is 12.5 Å². The normalized spacial score (nSPS) is 9.71. The molecule has 0 aliphatic carbocycles. The van der Waals surface area contributed by atoms with Crippen LogP contribution in [0.4, 0.5) is 14.5 Å². The number of nitrogens with two attached hydrogens (primary N) is 1. The van der Waals surface area contributed by atoms with Crippen LogP contribution < -0.4 is 11.1 Å². The topological polar surface area (TPSA) is 78.9 Å². The van der Waals surface area contributed by atoms with E-state index in [9.17, 15) is 13.6 Å². The van der Waals surface area contributed by atoms with Crippen molar-refractivity contribution in [2.45, 2.75) is 12.8 Å². The molecule has 0 radical (unpaired) electrons. The van der Waals surface area contributed by atoms with Gasteiger partial charge in [0.25, 0.3) is 0 Å². The molecule has 0 saturated heterocycles. The Morgan fingerprint density at radius 2 is 2.00 bits per heavy atom. The van der Waals surface area contributed by atoms with Crippen molar-refractivity contribution in [1.82, 2.24) is 0 Å². The van der Waals surface area contributed by atoms with Crippen LogP contribution in [-0.2, 0) is 4.79 Å². The van der Waals surface area contributed by atoms with E-state index in [0.29, 0.717) is 6.42 Å². The van der Waals surface area contributed by atoms with Crippen molar-refractivity contribution in [2.75, 3.05) is 11.9 Å². The third-order valence-corrected chi connectivity index (χ3v) is 2.07. The largest absolute Gasteiger partial charge is 0.380 e. The van der Waals surface area contributed by atoms with E-state index in [0.717, 1.165) is 12.1 Å². The lowest BCUT2D eigenvalue weighted by atomic mass is 10.2. The molecule has 0 spiro atoms. The Kier molecular flexibility index (Phi) is 4.40. The number of nitrogens with one attached hydrogen (secondary N) is 1. The minimum absolute atomic E-state index is 0.0808. The zero-order valence-corrected chi connectivity index (χ0v) is 8.96. The van der Waals surface area contributed by atoms with Crippen LogP contribution in [0.25, 0.3) is 0 Å². The van der Waals surface area contributed by atoms with Crippen LogP contribution in [0.5, 0.6) is 0 Å². The van der Waals surface area contributed by atoms with E-state index in [-0.39, 0.29) is 24.2 Å². The zero-order valence-electron chi connectivity index (χ0n) is 8.96. The monoisotopic (exact) mass is 239 g/mol. The molecule has 1 aromatic rings. The van der Waals surface area contributed by atoms with E-state index in [1.807, 2.05) is 0 Å². The lowest BCUT2D eigenvalue weighted by Gasteiger charge is -2.08. The number of amides is 1. The van der Waals surface area contributed by atoms with Gasteiger partial charge in [0.2, 0.25) is 5.91 Å². The lowest BCUT2D eigenvalue weighted by molar-refractivity contribution is -0.118. The highest BCUT2D eigenvalue weighted by Crippen LogP contribution is 2.20. The number of halogens is 2. The molecule has 1 aromatic carbocycles. The number of hydrogen-bond donors (Lipinski definition) is 2. The smallest absolute Gasteiger partial charge is 0.217 e. The molecule has 1 rings (SSSR count). The van der Waals surface area contributed by atoms with E-state index in [4.69, 9.17) is 11.0 Å². The molecule has 0 aliphatic rings. The van der Waals surface area contributed by atoms with Gasteiger partial charge in [0.15, 0.2) is 11.6 Å². The van der Waals surface area contributed by atoms with E-state index < -0.39 is 17.5 Å². The van der Waals surface area contributed by atoms with Crippen LogP contribution in [0.2, 0.25) is 0 Å². The summed E-state index contributed by atoms with van der Waals surface area (Å²) in [5, 5.41) is 11.0. The molecule has 0 fully saturated rings. The second-order valence-electron chi connectivity index (χ2n) is 3.42. The van der Waals surface area contributed by atoms with E-state index in [1.54, 1.807) is 6.07 Å². The van der Waals surface area contributed by atoms with Gasteiger partial charge in [-0.3, -0.25) is 4.79 Å². The second kappa shape index (κ2) is 5.80. The van der Waals surface area contributed by atoms with E-state index >= 15 is 0 Å². The first kappa shape index (κ1) is 12.9. The Hall–Kier alpha value is -2.16. The Labute approximate surface area is 97.0 Å². The van der Waals surface area contributed by atoms with Crippen molar-refractivity contribution in [3.63, 3.8) is 0 Å². The van der Waals surface area contributed by atoms with Crippen molar-refractivity contribution in [2.24, 2.45) is 5.73 Å². The average Bonchev–Trinajstić information content (AvgIpc) is 2.26. The van der Waals surface area contributed by atoms with Crippen LogP contribution in [0.1, 0.15) is 18.4 Å². The fourth-order valence-corrected chi connectivity index (χ4v) is 1.28. The van der Waals surface area contributed by atoms with E-state index in [2.05, 4.69) is 5.32 Å². The van der Waals surface area contributed by atoms with Crippen LogP contribution in [0.15, 0.2) is 12.1 Å². The van der Waals surface area contributed by atoms with Gasteiger partial charge in [-0.25, -0.2) is 8.78 Å². The average molecular weight is 239 g/mol. The van der Waals surface area contributed by atoms with Crippen molar-refractivity contribution in [3.8, 4) is 6.07 Å². The van der Waals surface area contributed by atoms with Gasteiger partial charge in [-0.2, -0.15) is 5.26 Å². The number of carbonyl (C=O) groups is 1. The minimum atomic E-state index is -0.833. The SMILES string of the molecule is N#Cc1cc(F)c(NCCCC(N)=O)c(F)c1. The molecule has 90 valence electrons. The van der Waals surface area contributed by atoms with Crippen molar-refractivity contribution in [3.05, 3.63) is 29.3 Å². The van der Waals surface area contributed by atoms with Gasteiger partial charge in [0.05, 0.1) is 11.6 Å². The Morgan fingerprint density at radius 3 is 2.47 bits per heavy atom. The molecular formula is C11H11F2N3O. The third kappa shape index (κ3) is 3.72. The van der Waals surface area contributed by atoms with Gasteiger partial charge < -0.3 is 11.1 Å². The predicted molar refractivity (Wildman–Crippen MR) is 58.0 cm³/mol. The molecular weight excluding hydrogens is 228 g/mol. The summed E-state index contributed by atoms with van der Waals surface area (Å²) in [6.07, 6.45) is 0.529. The fourth-order valence-electron chi connectivity index (χ4n) is 1.28. The number of nitrogens with zero attached hydrogens (tertiary/aromatic N) is 1. The van der Waals surface area contributed by atoms with E-state index in [1.165, 1.54) is 0 Å². The summed E-state index contributed by atoms with van der Waals surface area (Å²) < 4.78 is 26.7. The summed E-state index contributed by atoms with van der Waals surface area (Å²) in [7, 11) is 0. The Balaban J connectivity index is 2.66. The standard InChI is InChI=1S/C11H11F2N3O/c12-8-4-7(6-14)5-9(13)11(8)16-3-1-2-10(15)17/h4-5,16H,1-3H2,(H2,15,17). The maximum absolute atomic E-state index is 13.3. The molecule has 0 aromatic heterocycles. The zero-order chi connectivity index (χ0) is 12.8.